The number of fused-ring (bicyclic) bond motifs is 2. The van der Waals surface area contributed by atoms with Crippen molar-refractivity contribution in [1.29, 1.82) is 0 Å². The van der Waals surface area contributed by atoms with Gasteiger partial charge in [-0.1, -0.05) is 29.9 Å². The third kappa shape index (κ3) is 3.15. The molecule has 6 nitrogen and oxygen atoms in total. The number of carbonyl (C=O) groups excluding carboxylic acids is 2. The molecule has 6 rings (SSSR count). The minimum Gasteiger partial charge on any atom is -0.497 e. The van der Waals surface area contributed by atoms with Crippen LogP contribution >= 0.6 is 11.3 Å². The van der Waals surface area contributed by atoms with E-state index >= 15 is 0 Å². The number of ether oxygens (including phenoxy) is 2. The summed E-state index contributed by atoms with van der Waals surface area (Å²) in [5.74, 6) is -0.245. The Morgan fingerprint density at radius 3 is 2.85 bits per heavy atom. The van der Waals surface area contributed by atoms with Crippen LogP contribution in [0.5, 0.6) is 5.75 Å². The van der Waals surface area contributed by atoms with Crippen LogP contribution in [0.2, 0.25) is 0 Å². The second-order valence-corrected chi connectivity index (χ2v) is 9.63. The number of methoxy groups -OCH3 is 1. The van der Waals surface area contributed by atoms with Crippen LogP contribution in [0.4, 0.5) is 9.52 Å². The Morgan fingerprint density at radius 1 is 1.15 bits per heavy atom. The van der Waals surface area contributed by atoms with Gasteiger partial charge in [-0.2, -0.15) is 0 Å². The predicted octanol–water partition coefficient (Wildman–Crippen LogP) is 4.94. The minimum absolute atomic E-state index is 0.0169. The standard InChI is InChI=1S/C25H21FN2O4S/c1-31-15-6-4-5-13(11-15)21-20-22(29)16-7-2-3-8-18(16)32-23(20)24(30)28(21)25-27-17-10-9-14(26)12-19(17)33-25/h4-6,9-12,16,18,21H,2-3,7-8H2,1H3. The van der Waals surface area contributed by atoms with Crippen LogP contribution in [0, 0.1) is 11.7 Å². The Hall–Kier alpha value is -3.26. The molecule has 1 amide bonds. The van der Waals surface area contributed by atoms with E-state index in [9.17, 15) is 14.0 Å². The number of ketones is 1. The monoisotopic (exact) mass is 464 g/mol. The molecule has 33 heavy (non-hydrogen) atoms. The molecule has 1 aromatic heterocycles. The van der Waals surface area contributed by atoms with Gasteiger partial charge in [-0.05, 0) is 55.2 Å². The van der Waals surface area contributed by atoms with Crippen molar-refractivity contribution in [3.63, 3.8) is 0 Å². The molecule has 0 bridgehead atoms. The summed E-state index contributed by atoms with van der Waals surface area (Å²) in [4.78, 5) is 33.5. The van der Waals surface area contributed by atoms with Crippen LogP contribution in [0.1, 0.15) is 37.3 Å². The average molecular weight is 465 g/mol. The summed E-state index contributed by atoms with van der Waals surface area (Å²) >= 11 is 1.22. The van der Waals surface area contributed by atoms with Crippen molar-refractivity contribution in [3.8, 4) is 5.75 Å². The maximum atomic E-state index is 13.8. The third-order valence-corrected chi connectivity index (χ3v) is 7.74. The summed E-state index contributed by atoms with van der Waals surface area (Å²) in [6.07, 6.45) is 3.23. The molecule has 3 atom stereocenters. The van der Waals surface area contributed by atoms with E-state index in [0.717, 1.165) is 31.2 Å². The number of amides is 1. The molecule has 3 heterocycles. The Balaban J connectivity index is 1.52. The van der Waals surface area contributed by atoms with Gasteiger partial charge >= 0.3 is 0 Å². The summed E-state index contributed by atoms with van der Waals surface area (Å²) in [6, 6.07) is 11.0. The zero-order valence-corrected chi connectivity index (χ0v) is 18.7. The van der Waals surface area contributed by atoms with Gasteiger partial charge in [0, 0.05) is 0 Å². The van der Waals surface area contributed by atoms with E-state index < -0.39 is 6.04 Å². The number of Topliss-reactive ketones (excluding diaryl/α,β-unsaturated/α-hetero) is 1. The molecule has 3 unspecified atom stereocenters. The lowest BCUT2D eigenvalue weighted by atomic mass is 9.77. The summed E-state index contributed by atoms with van der Waals surface area (Å²) in [7, 11) is 1.57. The molecule has 168 valence electrons. The molecule has 3 aromatic rings. The molecule has 3 aliphatic rings. The minimum atomic E-state index is -0.677. The normalized spacial score (nSPS) is 24.7. The van der Waals surface area contributed by atoms with Crippen molar-refractivity contribution in [2.75, 3.05) is 12.0 Å². The number of thiazole rings is 1. The molecule has 1 fully saturated rings. The molecule has 0 radical (unpaired) electrons. The molecular weight excluding hydrogens is 443 g/mol. The van der Waals surface area contributed by atoms with Gasteiger partial charge in [0.05, 0.1) is 34.9 Å². The first-order valence-electron chi connectivity index (χ1n) is 11.0. The van der Waals surface area contributed by atoms with E-state index in [2.05, 4.69) is 4.98 Å². The number of halogens is 1. The fraction of sp³-hybridized carbons (Fsp3) is 0.320. The van der Waals surface area contributed by atoms with Gasteiger partial charge in [0.1, 0.15) is 17.7 Å². The van der Waals surface area contributed by atoms with Crippen LogP contribution in [-0.2, 0) is 14.3 Å². The average Bonchev–Trinajstić information content (AvgIpc) is 3.37. The molecule has 0 spiro atoms. The van der Waals surface area contributed by atoms with Crippen LogP contribution in [0.15, 0.2) is 53.8 Å². The van der Waals surface area contributed by atoms with Crippen LogP contribution in [0.25, 0.3) is 10.2 Å². The second-order valence-electron chi connectivity index (χ2n) is 8.62. The quantitative estimate of drug-likeness (QED) is 0.549. The van der Waals surface area contributed by atoms with E-state index in [1.165, 1.54) is 28.4 Å². The van der Waals surface area contributed by atoms with Gasteiger partial charge in [0.2, 0.25) is 0 Å². The third-order valence-electron chi connectivity index (χ3n) is 6.72. The van der Waals surface area contributed by atoms with Gasteiger partial charge < -0.3 is 9.47 Å². The van der Waals surface area contributed by atoms with E-state index in [0.29, 0.717) is 26.7 Å². The zero-order valence-electron chi connectivity index (χ0n) is 17.9. The van der Waals surface area contributed by atoms with Crippen LogP contribution in [-0.4, -0.2) is 29.9 Å². The summed E-state index contributed by atoms with van der Waals surface area (Å²) in [5.41, 5.74) is 1.73. The number of hydrogen-bond donors (Lipinski definition) is 0. The van der Waals surface area contributed by atoms with Crippen molar-refractivity contribution < 1.29 is 23.5 Å². The number of nitrogens with zero attached hydrogens (tertiary/aromatic N) is 2. The summed E-state index contributed by atoms with van der Waals surface area (Å²) in [6.45, 7) is 0. The molecule has 0 N–H and O–H groups in total. The van der Waals surface area contributed by atoms with E-state index in [-0.39, 0.29) is 35.3 Å². The van der Waals surface area contributed by atoms with Crippen molar-refractivity contribution in [1.82, 2.24) is 4.98 Å². The number of rotatable bonds is 3. The smallest absolute Gasteiger partial charge is 0.296 e. The van der Waals surface area contributed by atoms with Gasteiger partial charge in [-0.15, -0.1) is 0 Å². The Bertz CT molecular complexity index is 1330. The number of carbonyl (C=O) groups is 2. The summed E-state index contributed by atoms with van der Waals surface area (Å²) < 4.78 is 26.0. The molecule has 0 saturated heterocycles. The van der Waals surface area contributed by atoms with Crippen molar-refractivity contribution in [2.45, 2.75) is 37.8 Å². The van der Waals surface area contributed by atoms with Gasteiger partial charge in [-0.3, -0.25) is 14.5 Å². The Labute approximate surface area is 193 Å². The lowest BCUT2D eigenvalue weighted by molar-refractivity contribution is -0.131. The topological polar surface area (TPSA) is 68.7 Å². The Morgan fingerprint density at radius 2 is 2.00 bits per heavy atom. The highest BCUT2D eigenvalue weighted by Crippen LogP contribution is 2.49. The Kier molecular flexibility index (Phi) is 4.72. The predicted molar refractivity (Wildman–Crippen MR) is 122 cm³/mol. The van der Waals surface area contributed by atoms with Gasteiger partial charge in [0.15, 0.2) is 16.7 Å². The molecule has 1 aliphatic carbocycles. The van der Waals surface area contributed by atoms with Crippen molar-refractivity contribution in [2.24, 2.45) is 5.92 Å². The van der Waals surface area contributed by atoms with Crippen LogP contribution < -0.4 is 9.64 Å². The van der Waals surface area contributed by atoms with Crippen molar-refractivity contribution >= 4 is 38.4 Å². The fourth-order valence-corrected chi connectivity index (χ4v) is 6.18. The number of hydrogen-bond acceptors (Lipinski definition) is 6. The first-order chi connectivity index (χ1) is 16.0. The summed E-state index contributed by atoms with van der Waals surface area (Å²) in [5, 5.41) is 0.405. The molecule has 2 aliphatic heterocycles. The maximum absolute atomic E-state index is 13.8. The molecule has 2 aromatic carbocycles. The molecule has 8 heteroatoms. The fourth-order valence-electron chi connectivity index (χ4n) is 5.16. The van der Waals surface area contributed by atoms with E-state index in [1.807, 2.05) is 24.3 Å². The molecule has 1 saturated carbocycles. The lowest BCUT2D eigenvalue weighted by Gasteiger charge is -2.35. The number of anilines is 1. The number of benzene rings is 2. The number of aromatic nitrogens is 1. The first kappa shape index (κ1) is 20.4. The maximum Gasteiger partial charge on any atom is 0.296 e. The van der Waals surface area contributed by atoms with Gasteiger partial charge in [0.25, 0.3) is 5.91 Å². The lowest BCUT2D eigenvalue weighted by Crippen LogP contribution is -2.39. The van der Waals surface area contributed by atoms with E-state index in [4.69, 9.17) is 9.47 Å². The van der Waals surface area contributed by atoms with Gasteiger partial charge in [-0.25, -0.2) is 9.37 Å². The largest absolute Gasteiger partial charge is 0.497 e. The first-order valence-corrected chi connectivity index (χ1v) is 11.9. The molecular formula is C25H21FN2O4S. The van der Waals surface area contributed by atoms with Crippen molar-refractivity contribution in [3.05, 3.63) is 65.2 Å². The van der Waals surface area contributed by atoms with E-state index in [1.54, 1.807) is 13.2 Å². The highest BCUT2D eigenvalue weighted by molar-refractivity contribution is 7.22. The highest BCUT2D eigenvalue weighted by atomic mass is 32.1. The highest BCUT2D eigenvalue weighted by Gasteiger charge is 2.53. The SMILES string of the molecule is COc1cccc(C2C3=C(OC4CCCCC4C3=O)C(=O)N2c2nc3ccc(F)cc3s2)c1. The zero-order chi connectivity index (χ0) is 22.7. The van der Waals surface area contributed by atoms with Crippen LogP contribution in [0.3, 0.4) is 0 Å². The second kappa shape index (κ2) is 7.66.